The number of fused-ring (bicyclic) bond motifs is 5. The molecule has 0 N–H and O–H groups in total. The maximum atomic E-state index is 2.37. The average molecular weight is 598 g/mol. The molecular weight excluding hydrogens is 567 g/mol. The average Bonchev–Trinajstić information content (AvgIpc) is 3.15. The Morgan fingerprint density at radius 3 is 1.17 bits per heavy atom. The lowest BCUT2D eigenvalue weighted by molar-refractivity contribution is 1.29. The predicted octanol–water partition coefficient (Wildman–Crippen LogP) is 13.1. The molecule has 0 atom stereocenters. The van der Waals surface area contributed by atoms with Gasteiger partial charge in [0, 0.05) is 17.1 Å². The van der Waals surface area contributed by atoms with Crippen molar-refractivity contribution in [3.8, 4) is 22.3 Å². The summed E-state index contributed by atoms with van der Waals surface area (Å²) >= 11 is 0. The molecule has 0 unspecified atom stereocenters. The molecule has 0 aliphatic rings. The largest absolute Gasteiger partial charge is 0.310 e. The van der Waals surface area contributed by atoms with Gasteiger partial charge in [-0.3, -0.25) is 0 Å². The second-order valence-corrected chi connectivity index (χ2v) is 12.2. The minimum absolute atomic E-state index is 1.12. The fourth-order valence-electron chi connectivity index (χ4n) is 6.92. The Morgan fingerprint density at radius 2 is 0.617 bits per heavy atom. The van der Waals surface area contributed by atoms with E-state index in [-0.39, 0.29) is 0 Å². The monoisotopic (exact) mass is 597 g/mol. The smallest absolute Gasteiger partial charge is 0.0468 e. The highest BCUT2D eigenvalue weighted by molar-refractivity contribution is 6.09. The van der Waals surface area contributed by atoms with Crippen LogP contribution in [-0.2, 0) is 0 Å². The molecule has 1 nitrogen and oxygen atoms in total. The van der Waals surface area contributed by atoms with E-state index in [0.29, 0.717) is 0 Å². The van der Waals surface area contributed by atoms with Crippen LogP contribution < -0.4 is 4.90 Å². The highest BCUT2D eigenvalue weighted by Crippen LogP contribution is 2.39. The fraction of sp³-hybridized carbons (Fsp3) is 0. The summed E-state index contributed by atoms with van der Waals surface area (Å²) in [4.78, 5) is 2.37. The second-order valence-electron chi connectivity index (χ2n) is 12.2. The van der Waals surface area contributed by atoms with Gasteiger partial charge in [-0.25, -0.2) is 0 Å². The van der Waals surface area contributed by atoms with Crippen molar-refractivity contribution < 1.29 is 0 Å². The molecule has 220 valence electrons. The van der Waals surface area contributed by atoms with Gasteiger partial charge in [-0.2, -0.15) is 0 Å². The van der Waals surface area contributed by atoms with Crippen molar-refractivity contribution in [1.29, 1.82) is 0 Å². The molecule has 0 saturated heterocycles. The molecule has 0 saturated carbocycles. The topological polar surface area (TPSA) is 3.24 Å². The van der Waals surface area contributed by atoms with Crippen molar-refractivity contribution in [3.05, 3.63) is 188 Å². The van der Waals surface area contributed by atoms with Crippen molar-refractivity contribution in [2.45, 2.75) is 0 Å². The van der Waals surface area contributed by atoms with Crippen molar-refractivity contribution in [2.24, 2.45) is 0 Å². The molecule has 0 heterocycles. The van der Waals surface area contributed by atoms with Gasteiger partial charge in [-0.1, -0.05) is 140 Å². The van der Waals surface area contributed by atoms with E-state index in [1.807, 2.05) is 0 Å². The molecule has 9 aromatic rings. The Hall–Kier alpha value is -6.18. The van der Waals surface area contributed by atoms with Gasteiger partial charge >= 0.3 is 0 Å². The Labute approximate surface area is 274 Å². The number of nitrogens with zero attached hydrogens (tertiary/aromatic N) is 1. The van der Waals surface area contributed by atoms with Crippen LogP contribution in [0.1, 0.15) is 0 Å². The van der Waals surface area contributed by atoms with Gasteiger partial charge in [0.25, 0.3) is 0 Å². The van der Waals surface area contributed by atoms with Gasteiger partial charge in [-0.15, -0.1) is 0 Å². The van der Waals surface area contributed by atoms with Gasteiger partial charge in [0.15, 0.2) is 0 Å². The second kappa shape index (κ2) is 11.3. The summed E-state index contributed by atoms with van der Waals surface area (Å²) in [5.41, 5.74) is 8.22. The Balaban J connectivity index is 1.15. The SMILES string of the molecule is c1ccc2cc(-c3ccc(N(c4ccc(-c5ccc6ccccc6c5)cc4)c4ccc5ccc6ccccc6c5c4)cc3)ccc2c1. The van der Waals surface area contributed by atoms with Crippen LogP contribution in [-0.4, -0.2) is 0 Å². The Morgan fingerprint density at radius 1 is 0.234 bits per heavy atom. The van der Waals surface area contributed by atoms with Gasteiger partial charge in [-0.05, 0) is 114 Å². The van der Waals surface area contributed by atoms with Crippen LogP contribution in [0.4, 0.5) is 17.1 Å². The molecule has 1 heteroatoms. The van der Waals surface area contributed by atoms with E-state index >= 15 is 0 Å². The molecule has 0 radical (unpaired) electrons. The molecule has 0 bridgehead atoms. The fourth-order valence-corrected chi connectivity index (χ4v) is 6.92. The van der Waals surface area contributed by atoms with Crippen LogP contribution in [0.25, 0.3) is 65.3 Å². The summed E-state index contributed by atoms with van der Waals surface area (Å²) in [7, 11) is 0. The van der Waals surface area contributed by atoms with Gasteiger partial charge in [0.2, 0.25) is 0 Å². The quantitative estimate of drug-likeness (QED) is 0.178. The van der Waals surface area contributed by atoms with Crippen LogP contribution in [0, 0.1) is 0 Å². The Kier molecular flexibility index (Phi) is 6.54. The van der Waals surface area contributed by atoms with E-state index in [4.69, 9.17) is 0 Å². The van der Waals surface area contributed by atoms with E-state index in [1.165, 1.54) is 65.3 Å². The maximum absolute atomic E-state index is 2.37. The number of benzene rings is 9. The van der Waals surface area contributed by atoms with E-state index in [2.05, 4.69) is 193 Å². The first-order valence-electron chi connectivity index (χ1n) is 16.2. The number of hydrogen-bond donors (Lipinski definition) is 0. The van der Waals surface area contributed by atoms with E-state index in [0.717, 1.165) is 17.1 Å². The molecule has 47 heavy (non-hydrogen) atoms. The van der Waals surface area contributed by atoms with Crippen LogP contribution in [0.15, 0.2) is 188 Å². The lowest BCUT2D eigenvalue weighted by atomic mass is 9.99. The van der Waals surface area contributed by atoms with Crippen molar-refractivity contribution >= 4 is 60.2 Å². The summed E-state index contributed by atoms with van der Waals surface area (Å²) in [6, 6.07) is 68.4. The molecule has 0 amide bonds. The molecule has 0 aliphatic heterocycles. The van der Waals surface area contributed by atoms with Crippen LogP contribution in [0.2, 0.25) is 0 Å². The molecule has 0 aliphatic carbocycles. The minimum atomic E-state index is 1.12. The Bertz CT molecular complexity index is 2440. The van der Waals surface area contributed by atoms with Gasteiger partial charge in [0.05, 0.1) is 0 Å². The summed E-state index contributed by atoms with van der Waals surface area (Å²) in [6.07, 6.45) is 0. The summed E-state index contributed by atoms with van der Waals surface area (Å²) in [5, 5.41) is 10.0. The number of hydrogen-bond acceptors (Lipinski definition) is 1. The highest BCUT2D eigenvalue weighted by Gasteiger charge is 2.15. The molecule has 9 aromatic carbocycles. The zero-order chi connectivity index (χ0) is 31.2. The van der Waals surface area contributed by atoms with Crippen molar-refractivity contribution in [2.75, 3.05) is 4.90 Å². The first-order chi connectivity index (χ1) is 23.3. The van der Waals surface area contributed by atoms with Crippen LogP contribution in [0.5, 0.6) is 0 Å². The first kappa shape index (κ1) is 27.2. The zero-order valence-electron chi connectivity index (χ0n) is 25.8. The highest BCUT2D eigenvalue weighted by atomic mass is 15.1. The zero-order valence-corrected chi connectivity index (χ0v) is 25.8. The summed E-state index contributed by atoms with van der Waals surface area (Å²) in [6.45, 7) is 0. The van der Waals surface area contributed by atoms with Gasteiger partial charge in [0.1, 0.15) is 0 Å². The molecule has 9 rings (SSSR count). The molecule has 0 spiro atoms. The number of rotatable bonds is 5. The van der Waals surface area contributed by atoms with Crippen molar-refractivity contribution in [1.82, 2.24) is 0 Å². The predicted molar refractivity (Wildman–Crippen MR) is 202 cm³/mol. The summed E-state index contributed by atoms with van der Waals surface area (Å²) < 4.78 is 0. The van der Waals surface area contributed by atoms with Crippen LogP contribution in [0.3, 0.4) is 0 Å². The lowest BCUT2D eigenvalue weighted by Crippen LogP contribution is -2.09. The van der Waals surface area contributed by atoms with E-state index in [9.17, 15) is 0 Å². The van der Waals surface area contributed by atoms with E-state index in [1.54, 1.807) is 0 Å². The maximum Gasteiger partial charge on any atom is 0.0468 e. The normalized spacial score (nSPS) is 11.4. The van der Waals surface area contributed by atoms with E-state index < -0.39 is 0 Å². The van der Waals surface area contributed by atoms with Crippen molar-refractivity contribution in [3.63, 3.8) is 0 Å². The lowest BCUT2D eigenvalue weighted by Gasteiger charge is -2.26. The van der Waals surface area contributed by atoms with Crippen LogP contribution >= 0.6 is 0 Å². The number of anilines is 3. The molecule has 0 fully saturated rings. The third-order valence-corrected chi connectivity index (χ3v) is 9.41. The third-order valence-electron chi connectivity index (χ3n) is 9.41. The molecule has 0 aromatic heterocycles. The standard InChI is InChI=1S/C46H31N/c1-3-10-38-29-40(17-13-32(38)7-1)34-19-24-42(25-20-34)47(44-28-23-37-16-15-36-9-5-6-12-45(36)46(37)31-44)43-26-21-35(22-27-43)41-18-14-33-8-2-4-11-39(33)30-41/h1-31H. The van der Waals surface area contributed by atoms with Gasteiger partial charge < -0.3 is 4.90 Å². The minimum Gasteiger partial charge on any atom is -0.310 e. The summed E-state index contributed by atoms with van der Waals surface area (Å²) in [5.74, 6) is 0. The first-order valence-corrected chi connectivity index (χ1v) is 16.2. The molecular formula is C46H31N. The third kappa shape index (κ3) is 4.99.